The first kappa shape index (κ1) is 27.9. The molecule has 0 aromatic carbocycles. The molecule has 0 aliphatic heterocycles. The first-order valence-electron chi connectivity index (χ1n) is 8.19. The minimum atomic E-state index is -0.688. The van der Waals surface area contributed by atoms with Crippen molar-refractivity contribution in [3.63, 3.8) is 0 Å². The van der Waals surface area contributed by atoms with Gasteiger partial charge in [-0.3, -0.25) is 10.8 Å². The summed E-state index contributed by atoms with van der Waals surface area (Å²) in [6, 6.07) is 0. The van der Waals surface area contributed by atoms with E-state index in [0.29, 0.717) is 11.7 Å². The molecule has 0 rings (SSSR count). The fourth-order valence-electron chi connectivity index (χ4n) is 2.20. The van der Waals surface area contributed by atoms with Crippen LogP contribution in [-0.4, -0.2) is 58.7 Å². The second-order valence-corrected chi connectivity index (χ2v) is 6.36. The van der Waals surface area contributed by atoms with Crippen LogP contribution in [0.15, 0.2) is 10.2 Å². The molecule has 0 unspecified atom stereocenters. The van der Waals surface area contributed by atoms with Crippen LogP contribution in [0.5, 0.6) is 0 Å². The largest absolute Gasteiger partial charge is 0.359 e. The molecule has 0 aromatic heterocycles. The molecule has 0 aromatic rings. The van der Waals surface area contributed by atoms with Crippen molar-refractivity contribution in [2.75, 3.05) is 26.2 Å². The van der Waals surface area contributed by atoms with Gasteiger partial charge >= 0.3 is 0 Å². The van der Waals surface area contributed by atoms with Crippen LogP contribution in [-0.2, 0) is 0 Å². The number of likely N-dealkylation sites (N-methyl/N-ethyl adjacent to an activating group) is 2. The minimum absolute atomic E-state index is 0. The molecule has 0 atom stereocenters. The zero-order chi connectivity index (χ0) is 17.6. The highest BCUT2D eigenvalue weighted by molar-refractivity contribution is 5.89. The summed E-state index contributed by atoms with van der Waals surface area (Å²) < 4.78 is 0. The maximum atomic E-state index is 8.33. The number of azo groups is 1. The van der Waals surface area contributed by atoms with Crippen molar-refractivity contribution in [2.45, 2.75) is 66.5 Å². The standard InChI is InChI=1S/C16H34N6.2ClH/c1-9-21(10-2)13(17)15(5,6)19-20-16(7,8)14(18)22(11-3)12-4;;/h17-18H,9-12H2,1-8H3;2*1H/b17-13?,18-14?,20-19+;;. The maximum Gasteiger partial charge on any atom is 0.132 e. The van der Waals surface area contributed by atoms with Crippen LogP contribution < -0.4 is 0 Å². The molecule has 2 N–H and O–H groups in total. The van der Waals surface area contributed by atoms with Gasteiger partial charge in [0.25, 0.3) is 0 Å². The number of halogens is 2. The summed E-state index contributed by atoms with van der Waals surface area (Å²) in [5, 5.41) is 25.5. The second kappa shape index (κ2) is 11.6. The van der Waals surface area contributed by atoms with Crippen molar-refractivity contribution in [1.29, 1.82) is 10.8 Å². The third-order valence-electron chi connectivity index (χ3n) is 3.87. The Balaban J connectivity index is -0.00000220. The van der Waals surface area contributed by atoms with E-state index in [9.17, 15) is 0 Å². The van der Waals surface area contributed by atoms with E-state index in [1.54, 1.807) is 0 Å². The molecule has 0 saturated heterocycles. The molecule has 24 heavy (non-hydrogen) atoms. The molecule has 0 aliphatic carbocycles. The van der Waals surface area contributed by atoms with Crippen molar-refractivity contribution in [3.05, 3.63) is 0 Å². The molecule has 0 bridgehead atoms. The number of rotatable bonds is 8. The van der Waals surface area contributed by atoms with Gasteiger partial charge in [-0.25, -0.2) is 0 Å². The van der Waals surface area contributed by atoms with Crippen molar-refractivity contribution in [1.82, 2.24) is 9.80 Å². The average molecular weight is 383 g/mol. The molecule has 6 nitrogen and oxygen atoms in total. The molecule has 0 spiro atoms. The Morgan fingerprint density at radius 1 is 0.667 bits per heavy atom. The van der Waals surface area contributed by atoms with Crippen molar-refractivity contribution in [3.8, 4) is 0 Å². The number of amidine groups is 2. The molecule has 8 heteroatoms. The smallest absolute Gasteiger partial charge is 0.132 e. The second-order valence-electron chi connectivity index (χ2n) is 6.36. The topological polar surface area (TPSA) is 78.9 Å². The SMILES string of the molecule is CCN(CC)C(=N)C(C)(C)/N=N/C(C)(C)C(=N)N(CC)CC.Cl.Cl. The van der Waals surface area contributed by atoms with Crippen LogP contribution in [0.3, 0.4) is 0 Å². The zero-order valence-electron chi connectivity index (χ0n) is 16.4. The van der Waals surface area contributed by atoms with Crippen LogP contribution in [0.1, 0.15) is 55.4 Å². The van der Waals surface area contributed by atoms with Gasteiger partial charge in [-0.2, -0.15) is 10.2 Å². The van der Waals surface area contributed by atoms with E-state index >= 15 is 0 Å². The Bertz CT molecular complexity index is 375. The van der Waals surface area contributed by atoms with E-state index in [1.807, 2.05) is 65.2 Å². The van der Waals surface area contributed by atoms with E-state index in [1.165, 1.54) is 0 Å². The summed E-state index contributed by atoms with van der Waals surface area (Å²) in [5.74, 6) is 0.929. The third-order valence-corrected chi connectivity index (χ3v) is 3.87. The van der Waals surface area contributed by atoms with Crippen LogP contribution in [0, 0.1) is 10.8 Å². The van der Waals surface area contributed by atoms with Gasteiger partial charge in [0, 0.05) is 26.2 Å². The molecule has 0 saturated carbocycles. The first-order valence-corrected chi connectivity index (χ1v) is 8.19. The van der Waals surface area contributed by atoms with Gasteiger partial charge < -0.3 is 9.80 Å². The van der Waals surface area contributed by atoms with Crippen molar-refractivity contribution < 1.29 is 0 Å². The van der Waals surface area contributed by atoms with Crippen LogP contribution in [0.4, 0.5) is 0 Å². The molecule has 0 radical (unpaired) electrons. The zero-order valence-corrected chi connectivity index (χ0v) is 18.1. The van der Waals surface area contributed by atoms with Gasteiger partial charge in [0.2, 0.25) is 0 Å². The Kier molecular flexibility index (Phi) is 13.5. The van der Waals surface area contributed by atoms with Crippen molar-refractivity contribution in [2.24, 2.45) is 10.2 Å². The molecule has 0 amide bonds. The van der Waals surface area contributed by atoms with E-state index in [-0.39, 0.29) is 24.8 Å². The van der Waals surface area contributed by atoms with E-state index in [4.69, 9.17) is 10.8 Å². The fraction of sp³-hybridized carbons (Fsp3) is 0.875. The lowest BCUT2D eigenvalue weighted by Gasteiger charge is -2.33. The van der Waals surface area contributed by atoms with Gasteiger partial charge in [0.1, 0.15) is 22.7 Å². The van der Waals surface area contributed by atoms with Crippen molar-refractivity contribution >= 4 is 36.5 Å². The van der Waals surface area contributed by atoms with E-state index in [2.05, 4.69) is 10.2 Å². The third kappa shape index (κ3) is 7.34. The summed E-state index contributed by atoms with van der Waals surface area (Å²) in [4.78, 5) is 3.95. The highest BCUT2D eigenvalue weighted by atomic mass is 35.5. The fourth-order valence-corrected chi connectivity index (χ4v) is 2.20. The Morgan fingerprint density at radius 2 is 0.875 bits per heavy atom. The summed E-state index contributed by atoms with van der Waals surface area (Å²) >= 11 is 0. The lowest BCUT2D eigenvalue weighted by atomic mass is 10.0. The number of hydrogen-bond donors (Lipinski definition) is 2. The summed E-state index contributed by atoms with van der Waals surface area (Å²) in [5.41, 5.74) is -1.38. The maximum absolute atomic E-state index is 8.33. The molecular formula is C16H36Cl2N6. The molecule has 0 heterocycles. The van der Waals surface area contributed by atoms with Gasteiger partial charge in [0.05, 0.1) is 0 Å². The lowest BCUT2D eigenvalue weighted by Crippen LogP contribution is -2.45. The van der Waals surface area contributed by atoms with Gasteiger partial charge in [-0.05, 0) is 55.4 Å². The Labute approximate surface area is 160 Å². The summed E-state index contributed by atoms with van der Waals surface area (Å²) in [6.45, 7) is 18.9. The quantitative estimate of drug-likeness (QED) is 0.368. The first-order chi connectivity index (χ1) is 10.1. The van der Waals surface area contributed by atoms with Crippen LogP contribution in [0.25, 0.3) is 0 Å². The molecule has 0 aliphatic rings. The van der Waals surface area contributed by atoms with Crippen LogP contribution in [0.2, 0.25) is 0 Å². The molecular weight excluding hydrogens is 347 g/mol. The van der Waals surface area contributed by atoms with E-state index in [0.717, 1.165) is 26.2 Å². The van der Waals surface area contributed by atoms with Gasteiger partial charge in [0.15, 0.2) is 0 Å². The predicted molar refractivity (Wildman–Crippen MR) is 109 cm³/mol. The number of nitrogens with one attached hydrogen (secondary N) is 2. The lowest BCUT2D eigenvalue weighted by molar-refractivity contribution is 0.399. The minimum Gasteiger partial charge on any atom is -0.359 e. The monoisotopic (exact) mass is 382 g/mol. The van der Waals surface area contributed by atoms with E-state index < -0.39 is 11.1 Å². The number of hydrogen-bond acceptors (Lipinski definition) is 4. The molecule has 144 valence electrons. The average Bonchev–Trinajstić information content (AvgIpc) is 2.47. The van der Waals surface area contributed by atoms with Gasteiger partial charge in [-0.15, -0.1) is 24.8 Å². The van der Waals surface area contributed by atoms with Gasteiger partial charge in [-0.1, -0.05) is 0 Å². The number of nitrogens with zero attached hydrogens (tertiary/aromatic N) is 4. The molecule has 0 fully saturated rings. The predicted octanol–water partition coefficient (Wildman–Crippen LogP) is 4.48. The Morgan fingerprint density at radius 3 is 1.04 bits per heavy atom. The highest BCUT2D eigenvalue weighted by Gasteiger charge is 2.31. The Hall–Kier alpha value is -0.880. The highest BCUT2D eigenvalue weighted by Crippen LogP contribution is 2.20. The van der Waals surface area contributed by atoms with Crippen LogP contribution >= 0.6 is 24.8 Å². The summed E-state index contributed by atoms with van der Waals surface area (Å²) in [6.07, 6.45) is 0. The summed E-state index contributed by atoms with van der Waals surface area (Å²) in [7, 11) is 0. The normalized spacial score (nSPS) is 11.5.